The quantitative estimate of drug-likeness (QED) is 0.293. The second-order valence-electron chi connectivity index (χ2n) is 6.41. The molecule has 0 aromatic heterocycles. The van der Waals surface area contributed by atoms with Crippen LogP contribution < -0.4 is 10.1 Å². The summed E-state index contributed by atoms with van der Waals surface area (Å²) in [7, 11) is 1.56. The minimum atomic E-state index is -0.453. The lowest BCUT2D eigenvalue weighted by Crippen LogP contribution is -2.16. The summed E-state index contributed by atoms with van der Waals surface area (Å²) in [5.41, 5.74) is 1.92. The van der Waals surface area contributed by atoms with E-state index < -0.39 is 11.0 Å². The summed E-state index contributed by atoms with van der Waals surface area (Å²) in [5, 5.41) is 15.0. The van der Waals surface area contributed by atoms with Crippen molar-refractivity contribution in [3.05, 3.63) is 99.1 Å². The molecule has 7 heteroatoms. The van der Waals surface area contributed by atoms with Crippen LogP contribution in [0.25, 0.3) is 0 Å². The van der Waals surface area contributed by atoms with Crippen molar-refractivity contribution in [3.63, 3.8) is 0 Å². The van der Waals surface area contributed by atoms with Gasteiger partial charge in [-0.05, 0) is 54.1 Å². The van der Waals surface area contributed by atoms with Gasteiger partial charge >= 0.3 is 0 Å². The van der Waals surface area contributed by atoms with Gasteiger partial charge in [0.25, 0.3) is 5.69 Å². The Morgan fingerprint density at radius 2 is 1.79 bits per heavy atom. The SMILES string of the molecule is COc1ccc(C(=O)CC(Nc2ccc(Cl)cc2)c2cccc([N+](=O)[O-])c2)cc1. The van der Waals surface area contributed by atoms with E-state index in [1.807, 2.05) is 0 Å². The highest BCUT2D eigenvalue weighted by Gasteiger charge is 2.20. The highest BCUT2D eigenvalue weighted by Crippen LogP contribution is 2.28. The predicted octanol–water partition coefficient (Wildman–Crippen LogP) is 5.68. The number of hydrogen-bond acceptors (Lipinski definition) is 5. The smallest absolute Gasteiger partial charge is 0.269 e. The number of benzene rings is 3. The van der Waals surface area contributed by atoms with E-state index in [4.69, 9.17) is 16.3 Å². The topological polar surface area (TPSA) is 81.5 Å². The first kappa shape index (κ1) is 20.4. The zero-order chi connectivity index (χ0) is 20.8. The molecule has 0 saturated carbocycles. The van der Waals surface area contributed by atoms with Gasteiger partial charge in [0.15, 0.2) is 5.78 Å². The molecule has 6 nitrogen and oxygen atoms in total. The Balaban J connectivity index is 1.88. The Hall–Kier alpha value is -3.38. The maximum absolute atomic E-state index is 12.9. The molecule has 148 valence electrons. The number of hydrogen-bond donors (Lipinski definition) is 1. The summed E-state index contributed by atoms with van der Waals surface area (Å²) in [5.74, 6) is 0.571. The number of rotatable bonds is 8. The third-order valence-corrected chi connectivity index (χ3v) is 4.72. The molecule has 3 rings (SSSR count). The van der Waals surface area contributed by atoms with Gasteiger partial charge in [-0.3, -0.25) is 14.9 Å². The van der Waals surface area contributed by atoms with Crippen molar-refractivity contribution in [1.29, 1.82) is 0 Å². The standard InChI is InChI=1S/C22H19ClN2O4/c1-29-20-11-5-15(6-12-20)22(26)14-21(24-18-9-7-17(23)8-10-18)16-3-2-4-19(13-16)25(27)28/h2-13,21,24H,14H2,1H3. The number of nitro groups is 1. The zero-order valence-electron chi connectivity index (χ0n) is 15.7. The average molecular weight is 411 g/mol. The van der Waals surface area contributed by atoms with Gasteiger partial charge < -0.3 is 10.1 Å². The number of Topliss-reactive ketones (excluding diaryl/α,β-unsaturated/α-hetero) is 1. The average Bonchev–Trinajstić information content (AvgIpc) is 2.75. The van der Waals surface area contributed by atoms with Crippen molar-refractivity contribution in [2.45, 2.75) is 12.5 Å². The van der Waals surface area contributed by atoms with E-state index in [2.05, 4.69) is 5.32 Å². The molecule has 0 aliphatic rings. The largest absolute Gasteiger partial charge is 0.497 e. The van der Waals surface area contributed by atoms with Gasteiger partial charge in [0.05, 0.1) is 18.1 Å². The monoisotopic (exact) mass is 410 g/mol. The Morgan fingerprint density at radius 1 is 1.10 bits per heavy atom. The predicted molar refractivity (Wildman–Crippen MR) is 113 cm³/mol. The number of halogens is 1. The molecule has 1 unspecified atom stereocenters. The van der Waals surface area contributed by atoms with Crippen molar-refractivity contribution in [2.75, 3.05) is 12.4 Å². The van der Waals surface area contributed by atoms with E-state index in [0.717, 1.165) is 5.69 Å². The van der Waals surface area contributed by atoms with E-state index in [-0.39, 0.29) is 17.9 Å². The number of nitro benzene ring substituents is 1. The summed E-state index contributed by atoms with van der Waals surface area (Å²) < 4.78 is 5.13. The number of nitrogens with zero attached hydrogens (tertiary/aromatic N) is 1. The molecule has 0 saturated heterocycles. The third-order valence-electron chi connectivity index (χ3n) is 4.47. The highest BCUT2D eigenvalue weighted by molar-refractivity contribution is 6.30. The summed E-state index contributed by atoms with van der Waals surface area (Å²) in [6.45, 7) is 0. The summed E-state index contributed by atoms with van der Waals surface area (Å²) >= 11 is 5.94. The Bertz CT molecular complexity index is 1000. The van der Waals surface area contributed by atoms with E-state index in [9.17, 15) is 14.9 Å². The molecule has 0 amide bonds. The lowest BCUT2D eigenvalue weighted by atomic mass is 9.97. The molecule has 0 aliphatic carbocycles. The molecular formula is C22H19ClN2O4. The number of non-ortho nitro benzene ring substituents is 1. The van der Waals surface area contributed by atoms with Crippen LogP contribution in [0.1, 0.15) is 28.4 Å². The van der Waals surface area contributed by atoms with E-state index in [0.29, 0.717) is 21.9 Å². The number of methoxy groups -OCH3 is 1. The molecule has 3 aromatic rings. The van der Waals surface area contributed by atoms with Crippen molar-refractivity contribution in [2.24, 2.45) is 0 Å². The summed E-state index contributed by atoms with van der Waals surface area (Å²) in [4.78, 5) is 23.6. The van der Waals surface area contributed by atoms with Crippen molar-refractivity contribution in [3.8, 4) is 5.75 Å². The Labute approximate surface area is 173 Å². The van der Waals surface area contributed by atoms with Crippen LogP contribution in [0.15, 0.2) is 72.8 Å². The van der Waals surface area contributed by atoms with Gasteiger partial charge in [0.1, 0.15) is 5.75 Å². The molecule has 0 fully saturated rings. The molecule has 1 N–H and O–H groups in total. The molecule has 3 aromatic carbocycles. The molecule has 0 aliphatic heterocycles. The van der Waals surface area contributed by atoms with Crippen LogP contribution >= 0.6 is 11.6 Å². The van der Waals surface area contributed by atoms with E-state index in [1.54, 1.807) is 67.8 Å². The molecule has 1 atom stereocenters. The fourth-order valence-electron chi connectivity index (χ4n) is 2.93. The molecule has 29 heavy (non-hydrogen) atoms. The van der Waals surface area contributed by atoms with E-state index >= 15 is 0 Å². The van der Waals surface area contributed by atoms with Gasteiger partial charge in [0.2, 0.25) is 0 Å². The van der Waals surface area contributed by atoms with Gasteiger partial charge in [0, 0.05) is 34.8 Å². The highest BCUT2D eigenvalue weighted by atomic mass is 35.5. The van der Waals surface area contributed by atoms with Crippen molar-refractivity contribution < 1.29 is 14.5 Å². The number of nitrogens with one attached hydrogen (secondary N) is 1. The Kier molecular flexibility index (Phi) is 6.46. The van der Waals surface area contributed by atoms with Crippen LogP contribution in [-0.2, 0) is 0 Å². The first-order valence-corrected chi connectivity index (χ1v) is 9.28. The molecule has 0 spiro atoms. The maximum atomic E-state index is 12.9. The fraction of sp³-hybridized carbons (Fsp3) is 0.136. The van der Waals surface area contributed by atoms with Crippen LogP contribution in [0.3, 0.4) is 0 Å². The van der Waals surface area contributed by atoms with Crippen LogP contribution in [0.5, 0.6) is 5.75 Å². The Morgan fingerprint density at radius 3 is 2.41 bits per heavy atom. The number of carbonyl (C=O) groups excluding carboxylic acids is 1. The number of carbonyl (C=O) groups is 1. The van der Waals surface area contributed by atoms with Crippen molar-refractivity contribution in [1.82, 2.24) is 0 Å². The maximum Gasteiger partial charge on any atom is 0.269 e. The van der Waals surface area contributed by atoms with E-state index in [1.165, 1.54) is 12.1 Å². The van der Waals surface area contributed by atoms with Crippen LogP contribution in [-0.4, -0.2) is 17.8 Å². The number of anilines is 1. The second-order valence-corrected chi connectivity index (χ2v) is 6.85. The summed E-state index contributed by atoms with van der Waals surface area (Å²) in [6, 6.07) is 19.7. The molecular weight excluding hydrogens is 392 g/mol. The fourth-order valence-corrected chi connectivity index (χ4v) is 3.06. The molecule has 0 bridgehead atoms. The second kappa shape index (κ2) is 9.21. The first-order valence-electron chi connectivity index (χ1n) is 8.90. The van der Waals surface area contributed by atoms with Gasteiger partial charge in [-0.2, -0.15) is 0 Å². The first-order chi connectivity index (χ1) is 14.0. The molecule has 0 heterocycles. The minimum Gasteiger partial charge on any atom is -0.497 e. The normalized spacial score (nSPS) is 11.5. The molecule has 0 radical (unpaired) electrons. The summed E-state index contributed by atoms with van der Waals surface area (Å²) in [6.07, 6.45) is 0.121. The minimum absolute atomic E-state index is 0.0256. The number of ether oxygens (including phenoxy) is 1. The third kappa shape index (κ3) is 5.33. The van der Waals surface area contributed by atoms with Gasteiger partial charge in [-0.15, -0.1) is 0 Å². The number of ketones is 1. The van der Waals surface area contributed by atoms with Crippen LogP contribution in [0.2, 0.25) is 5.02 Å². The van der Waals surface area contributed by atoms with Crippen LogP contribution in [0, 0.1) is 10.1 Å². The van der Waals surface area contributed by atoms with Gasteiger partial charge in [-0.25, -0.2) is 0 Å². The zero-order valence-corrected chi connectivity index (χ0v) is 16.4. The lowest BCUT2D eigenvalue weighted by Gasteiger charge is -2.20. The van der Waals surface area contributed by atoms with Crippen molar-refractivity contribution >= 4 is 28.8 Å². The van der Waals surface area contributed by atoms with Gasteiger partial charge in [-0.1, -0.05) is 23.7 Å². The van der Waals surface area contributed by atoms with Crippen LogP contribution in [0.4, 0.5) is 11.4 Å². The lowest BCUT2D eigenvalue weighted by molar-refractivity contribution is -0.384.